The number of carbonyl (C=O) groups excluding carboxylic acids is 1. The Hall–Kier alpha value is -1.57. The minimum Gasteiger partial charge on any atom is -0.319 e. The van der Waals surface area contributed by atoms with E-state index in [0.29, 0.717) is 0 Å². The van der Waals surface area contributed by atoms with Crippen LogP contribution in [0.1, 0.15) is 19.4 Å². The predicted molar refractivity (Wildman–Crippen MR) is 58.5 cm³/mol. The third kappa shape index (κ3) is 3.05. The molecule has 0 unspecified atom stereocenters. The minimum absolute atomic E-state index is 0.201. The van der Waals surface area contributed by atoms with Gasteiger partial charge in [0.25, 0.3) is 0 Å². The monoisotopic (exact) mass is 189 g/mol. The van der Waals surface area contributed by atoms with E-state index in [9.17, 15) is 4.79 Å². The second-order valence-corrected chi connectivity index (χ2v) is 3.37. The summed E-state index contributed by atoms with van der Waals surface area (Å²) in [5.41, 5.74) is 1.10. The number of hydrogen-bond donors (Lipinski definition) is 0. The zero-order valence-electron chi connectivity index (χ0n) is 8.55. The first-order chi connectivity index (χ1) is 6.74. The minimum atomic E-state index is 0.201. The number of rotatable bonds is 4. The molecule has 14 heavy (non-hydrogen) atoms. The second kappa shape index (κ2) is 5.22. The van der Waals surface area contributed by atoms with Crippen LogP contribution in [0, 0.1) is 0 Å². The quantitative estimate of drug-likeness (QED) is 0.666. The van der Waals surface area contributed by atoms with Gasteiger partial charge in [0.1, 0.15) is 0 Å². The van der Waals surface area contributed by atoms with Crippen molar-refractivity contribution in [2.24, 2.45) is 0 Å². The van der Waals surface area contributed by atoms with E-state index in [4.69, 9.17) is 0 Å². The lowest BCUT2D eigenvalue weighted by atomic mass is 10.2. The Morgan fingerprint density at radius 2 is 1.86 bits per heavy atom. The highest BCUT2D eigenvalue weighted by atomic mass is 16.1. The maximum atomic E-state index is 10.6. The molecule has 0 aliphatic carbocycles. The van der Waals surface area contributed by atoms with Gasteiger partial charge in [-0.05, 0) is 25.5 Å². The van der Waals surface area contributed by atoms with Gasteiger partial charge in [-0.15, -0.1) is 0 Å². The molecule has 0 aromatic heterocycles. The van der Waals surface area contributed by atoms with Crippen molar-refractivity contribution >= 4 is 12.5 Å². The van der Waals surface area contributed by atoms with E-state index in [2.05, 4.69) is 0 Å². The lowest BCUT2D eigenvalue weighted by Crippen LogP contribution is -2.23. The van der Waals surface area contributed by atoms with Crippen LogP contribution in [-0.4, -0.2) is 17.4 Å². The summed E-state index contributed by atoms with van der Waals surface area (Å²) in [6.45, 7) is 3.95. The Labute approximate surface area is 84.9 Å². The van der Waals surface area contributed by atoms with Crippen LogP contribution in [0.15, 0.2) is 36.5 Å². The first-order valence-electron chi connectivity index (χ1n) is 4.70. The van der Waals surface area contributed by atoms with Crippen LogP contribution in [0.5, 0.6) is 0 Å². The predicted octanol–water partition coefficient (Wildman–Crippen LogP) is 2.52. The fourth-order valence-electron chi connectivity index (χ4n) is 1.07. The van der Waals surface area contributed by atoms with E-state index in [1.807, 2.05) is 50.3 Å². The zero-order valence-corrected chi connectivity index (χ0v) is 8.55. The number of nitrogens with zero attached hydrogens (tertiary/aromatic N) is 1. The SMILES string of the molecule is CC(C)N(C=O)C=Cc1ccccc1. The number of carbonyl (C=O) groups is 1. The molecular formula is C12H15NO. The smallest absolute Gasteiger partial charge is 0.213 e. The molecule has 1 amide bonds. The van der Waals surface area contributed by atoms with Crippen molar-refractivity contribution in [3.05, 3.63) is 42.1 Å². The van der Waals surface area contributed by atoms with Crippen molar-refractivity contribution in [3.63, 3.8) is 0 Å². The molecule has 0 heterocycles. The molecule has 1 aromatic carbocycles. The first-order valence-corrected chi connectivity index (χ1v) is 4.70. The molecule has 0 aliphatic heterocycles. The highest BCUT2D eigenvalue weighted by Crippen LogP contribution is 2.03. The third-order valence-electron chi connectivity index (χ3n) is 1.96. The molecule has 1 rings (SSSR count). The highest BCUT2D eigenvalue weighted by Gasteiger charge is 2.00. The number of benzene rings is 1. The summed E-state index contributed by atoms with van der Waals surface area (Å²) in [7, 11) is 0. The van der Waals surface area contributed by atoms with Crippen molar-refractivity contribution in [1.29, 1.82) is 0 Å². The van der Waals surface area contributed by atoms with Gasteiger partial charge >= 0.3 is 0 Å². The van der Waals surface area contributed by atoms with Gasteiger partial charge in [0.05, 0.1) is 0 Å². The van der Waals surface area contributed by atoms with Gasteiger partial charge < -0.3 is 4.90 Å². The average Bonchev–Trinajstić information content (AvgIpc) is 2.20. The third-order valence-corrected chi connectivity index (χ3v) is 1.96. The first kappa shape index (κ1) is 10.5. The largest absolute Gasteiger partial charge is 0.319 e. The van der Waals surface area contributed by atoms with Gasteiger partial charge in [0.2, 0.25) is 6.41 Å². The van der Waals surface area contributed by atoms with E-state index in [0.717, 1.165) is 12.0 Å². The number of hydrogen-bond acceptors (Lipinski definition) is 1. The summed E-state index contributed by atoms with van der Waals surface area (Å²) in [4.78, 5) is 12.3. The van der Waals surface area contributed by atoms with Crippen LogP contribution >= 0.6 is 0 Å². The maximum Gasteiger partial charge on any atom is 0.213 e. The van der Waals surface area contributed by atoms with Gasteiger partial charge in [-0.3, -0.25) is 4.79 Å². The lowest BCUT2D eigenvalue weighted by molar-refractivity contribution is -0.117. The Morgan fingerprint density at radius 1 is 1.21 bits per heavy atom. The van der Waals surface area contributed by atoms with Gasteiger partial charge in [0.15, 0.2) is 0 Å². The van der Waals surface area contributed by atoms with Crippen LogP contribution in [0.3, 0.4) is 0 Å². The molecular weight excluding hydrogens is 174 g/mol. The van der Waals surface area contributed by atoms with Crippen molar-refractivity contribution in [2.75, 3.05) is 0 Å². The van der Waals surface area contributed by atoms with Crippen LogP contribution in [0.4, 0.5) is 0 Å². The Balaban J connectivity index is 2.67. The van der Waals surface area contributed by atoms with E-state index < -0.39 is 0 Å². The Bertz CT molecular complexity index is 303. The fraction of sp³-hybridized carbons (Fsp3) is 0.250. The molecule has 1 aromatic rings. The molecule has 0 N–H and O–H groups in total. The van der Waals surface area contributed by atoms with Crippen LogP contribution in [0.2, 0.25) is 0 Å². The topological polar surface area (TPSA) is 20.3 Å². The maximum absolute atomic E-state index is 10.6. The van der Waals surface area contributed by atoms with Crippen molar-refractivity contribution in [1.82, 2.24) is 4.90 Å². The highest BCUT2D eigenvalue weighted by molar-refractivity contribution is 5.55. The Morgan fingerprint density at radius 3 is 2.36 bits per heavy atom. The van der Waals surface area contributed by atoms with E-state index >= 15 is 0 Å². The van der Waals surface area contributed by atoms with E-state index in [-0.39, 0.29) is 6.04 Å². The Kier molecular flexibility index (Phi) is 3.92. The van der Waals surface area contributed by atoms with Gasteiger partial charge in [-0.25, -0.2) is 0 Å². The van der Waals surface area contributed by atoms with Crippen LogP contribution < -0.4 is 0 Å². The lowest BCUT2D eigenvalue weighted by Gasteiger charge is -2.16. The standard InChI is InChI=1S/C12H15NO/c1-11(2)13(10-14)9-8-12-6-4-3-5-7-12/h3-11H,1-2H3. The molecule has 74 valence electrons. The number of amides is 1. The molecule has 0 bridgehead atoms. The summed E-state index contributed by atoms with van der Waals surface area (Å²) in [5.74, 6) is 0. The summed E-state index contributed by atoms with van der Waals surface area (Å²) in [6, 6.07) is 10.1. The van der Waals surface area contributed by atoms with Crippen molar-refractivity contribution in [3.8, 4) is 0 Å². The van der Waals surface area contributed by atoms with E-state index in [1.165, 1.54) is 0 Å². The summed E-state index contributed by atoms with van der Waals surface area (Å²) < 4.78 is 0. The molecule has 0 atom stereocenters. The van der Waals surface area contributed by atoms with Gasteiger partial charge in [0, 0.05) is 12.2 Å². The van der Waals surface area contributed by atoms with Gasteiger partial charge in [-0.2, -0.15) is 0 Å². The molecule has 0 saturated carbocycles. The normalized spacial score (nSPS) is 10.8. The second-order valence-electron chi connectivity index (χ2n) is 3.37. The van der Waals surface area contributed by atoms with Crippen molar-refractivity contribution in [2.45, 2.75) is 19.9 Å². The molecule has 2 nitrogen and oxygen atoms in total. The summed E-state index contributed by atoms with van der Waals surface area (Å²) >= 11 is 0. The van der Waals surface area contributed by atoms with Crippen LogP contribution in [0.25, 0.3) is 6.08 Å². The fourth-order valence-corrected chi connectivity index (χ4v) is 1.07. The molecule has 0 fully saturated rings. The average molecular weight is 189 g/mol. The van der Waals surface area contributed by atoms with Gasteiger partial charge in [-0.1, -0.05) is 30.3 Å². The molecule has 0 spiro atoms. The summed E-state index contributed by atoms with van der Waals surface area (Å²) in [6.07, 6.45) is 4.56. The molecule has 0 radical (unpaired) electrons. The summed E-state index contributed by atoms with van der Waals surface area (Å²) in [5, 5.41) is 0. The van der Waals surface area contributed by atoms with Crippen molar-refractivity contribution < 1.29 is 4.79 Å². The molecule has 0 saturated heterocycles. The van der Waals surface area contributed by atoms with E-state index in [1.54, 1.807) is 11.1 Å². The molecule has 2 heteroatoms. The van der Waals surface area contributed by atoms with Crippen LogP contribution in [-0.2, 0) is 4.79 Å². The zero-order chi connectivity index (χ0) is 10.4. The molecule has 0 aliphatic rings.